The Bertz CT molecular complexity index is 638. The molecule has 0 bridgehead atoms. The van der Waals surface area contributed by atoms with E-state index in [9.17, 15) is 9.59 Å². The fourth-order valence-corrected chi connectivity index (χ4v) is 3.82. The van der Waals surface area contributed by atoms with E-state index in [1.54, 1.807) is 11.7 Å². The summed E-state index contributed by atoms with van der Waals surface area (Å²) in [4.78, 5) is 29.0. The minimum atomic E-state index is -0.194. The van der Waals surface area contributed by atoms with E-state index in [0.717, 1.165) is 57.4 Å². The summed E-state index contributed by atoms with van der Waals surface area (Å²) < 4.78 is 1.62. The van der Waals surface area contributed by atoms with Crippen LogP contribution in [-0.4, -0.2) is 45.7 Å². The van der Waals surface area contributed by atoms with E-state index in [1.807, 2.05) is 6.92 Å². The first-order valence-corrected chi connectivity index (χ1v) is 9.75. The Morgan fingerprint density at radius 2 is 1.89 bits per heavy atom. The van der Waals surface area contributed by atoms with Crippen molar-refractivity contribution in [1.29, 1.82) is 0 Å². The van der Waals surface area contributed by atoms with Gasteiger partial charge in [0.2, 0.25) is 17.8 Å². The van der Waals surface area contributed by atoms with Crippen molar-refractivity contribution in [3.63, 3.8) is 0 Å². The van der Waals surface area contributed by atoms with Gasteiger partial charge in [0.05, 0.1) is 0 Å². The molecule has 1 saturated heterocycles. The second kappa shape index (κ2) is 10.0. The van der Waals surface area contributed by atoms with Gasteiger partial charge in [0.1, 0.15) is 0 Å². The molecule has 1 unspecified atom stereocenters. The number of nitrogens with zero attached hydrogens (tertiary/aromatic N) is 3. The molecule has 1 saturated carbocycles. The van der Waals surface area contributed by atoms with Gasteiger partial charge in [0, 0.05) is 31.3 Å². The van der Waals surface area contributed by atoms with E-state index in [2.05, 4.69) is 26.0 Å². The number of amides is 2. The number of hydrogen-bond donors (Lipinski definition) is 3. The number of carbonyl (C=O) groups excluding carboxylic acids is 2. The predicted octanol–water partition coefficient (Wildman–Crippen LogP) is 1.73. The quantitative estimate of drug-likeness (QED) is 0.677. The lowest BCUT2D eigenvalue weighted by Crippen LogP contribution is -2.38. The summed E-state index contributed by atoms with van der Waals surface area (Å²) in [7, 11) is 1.79. The number of carbonyl (C=O) groups is 2. The number of anilines is 1. The van der Waals surface area contributed by atoms with Gasteiger partial charge in [-0.1, -0.05) is 12.8 Å². The molecule has 1 aliphatic carbocycles. The van der Waals surface area contributed by atoms with E-state index in [4.69, 9.17) is 0 Å². The molecule has 8 nitrogen and oxygen atoms in total. The van der Waals surface area contributed by atoms with Crippen LogP contribution in [0.4, 0.5) is 5.95 Å². The van der Waals surface area contributed by atoms with Crippen LogP contribution in [0.5, 0.6) is 0 Å². The standard InChI is InChI=1S/C18H30N6O2.ClH/c1-12(20-17(26)14-5-3-4-6-14)11-15(25)21-18-22-16(23-24(18)2)13-7-9-19-10-8-13;/h12-14,19H,3-11H2,1-2H3,(H,20,26)(H,21,22,23,25);1H. The van der Waals surface area contributed by atoms with Gasteiger partial charge in [-0.3, -0.25) is 14.9 Å². The van der Waals surface area contributed by atoms with Crippen molar-refractivity contribution < 1.29 is 9.59 Å². The van der Waals surface area contributed by atoms with Gasteiger partial charge in [-0.05, 0) is 45.7 Å². The second-order valence-corrected chi connectivity index (χ2v) is 7.58. The summed E-state index contributed by atoms with van der Waals surface area (Å²) in [5.74, 6) is 1.65. The van der Waals surface area contributed by atoms with E-state index in [0.29, 0.717) is 11.9 Å². The third kappa shape index (κ3) is 5.90. The Morgan fingerprint density at radius 3 is 2.56 bits per heavy atom. The summed E-state index contributed by atoms with van der Waals surface area (Å²) in [6.45, 7) is 3.81. The monoisotopic (exact) mass is 398 g/mol. The van der Waals surface area contributed by atoms with Crippen molar-refractivity contribution in [2.75, 3.05) is 18.4 Å². The number of nitrogens with one attached hydrogen (secondary N) is 3. The minimum absolute atomic E-state index is 0. The second-order valence-electron chi connectivity index (χ2n) is 7.58. The van der Waals surface area contributed by atoms with Gasteiger partial charge in [0.25, 0.3) is 0 Å². The number of hydrogen-bond acceptors (Lipinski definition) is 5. The molecule has 0 radical (unpaired) electrons. The molecule has 2 aliphatic rings. The van der Waals surface area contributed by atoms with Crippen LogP contribution >= 0.6 is 12.4 Å². The molecule has 1 aliphatic heterocycles. The summed E-state index contributed by atoms with van der Waals surface area (Å²) in [5.41, 5.74) is 0. The molecule has 2 fully saturated rings. The first kappa shape index (κ1) is 21.6. The van der Waals surface area contributed by atoms with Gasteiger partial charge in [0.15, 0.2) is 5.82 Å². The SMILES string of the molecule is CC(CC(=O)Nc1nc(C2CCNCC2)nn1C)NC(=O)C1CCCC1.Cl. The summed E-state index contributed by atoms with van der Waals surface area (Å²) in [6, 6.07) is -0.194. The molecule has 3 N–H and O–H groups in total. The van der Waals surface area contributed by atoms with Crippen LogP contribution in [0.25, 0.3) is 0 Å². The molecule has 2 heterocycles. The van der Waals surface area contributed by atoms with Crippen LogP contribution in [0, 0.1) is 5.92 Å². The number of aryl methyl sites for hydroxylation is 1. The van der Waals surface area contributed by atoms with Crippen LogP contribution in [0.2, 0.25) is 0 Å². The van der Waals surface area contributed by atoms with Crippen molar-refractivity contribution in [2.45, 2.75) is 63.8 Å². The maximum atomic E-state index is 12.3. The third-order valence-corrected chi connectivity index (χ3v) is 5.34. The van der Waals surface area contributed by atoms with Gasteiger partial charge >= 0.3 is 0 Å². The number of halogens is 1. The largest absolute Gasteiger partial charge is 0.353 e. The van der Waals surface area contributed by atoms with E-state index in [1.165, 1.54) is 0 Å². The molecule has 3 rings (SSSR count). The van der Waals surface area contributed by atoms with Crippen LogP contribution in [0.15, 0.2) is 0 Å². The van der Waals surface area contributed by atoms with Crippen molar-refractivity contribution in [2.24, 2.45) is 13.0 Å². The fourth-order valence-electron chi connectivity index (χ4n) is 3.82. The highest BCUT2D eigenvalue weighted by atomic mass is 35.5. The highest BCUT2D eigenvalue weighted by Crippen LogP contribution is 2.25. The Morgan fingerprint density at radius 1 is 1.22 bits per heavy atom. The molecule has 1 aromatic rings. The number of aromatic nitrogens is 3. The zero-order chi connectivity index (χ0) is 18.5. The average Bonchev–Trinajstić information content (AvgIpc) is 3.26. The molecule has 152 valence electrons. The normalized spacial score (nSPS) is 19.3. The lowest BCUT2D eigenvalue weighted by molar-refractivity contribution is -0.125. The minimum Gasteiger partial charge on any atom is -0.353 e. The zero-order valence-corrected chi connectivity index (χ0v) is 17.0. The molecule has 27 heavy (non-hydrogen) atoms. The summed E-state index contributed by atoms with van der Waals surface area (Å²) >= 11 is 0. The molecule has 9 heteroatoms. The Hall–Kier alpha value is -1.67. The highest BCUT2D eigenvalue weighted by Gasteiger charge is 2.25. The van der Waals surface area contributed by atoms with Gasteiger partial charge in [-0.15, -0.1) is 12.4 Å². The maximum Gasteiger partial charge on any atom is 0.228 e. The van der Waals surface area contributed by atoms with Crippen molar-refractivity contribution in [3.05, 3.63) is 5.82 Å². The fraction of sp³-hybridized carbons (Fsp3) is 0.778. The van der Waals surface area contributed by atoms with Crippen LogP contribution < -0.4 is 16.0 Å². The van der Waals surface area contributed by atoms with Gasteiger partial charge in [-0.2, -0.15) is 10.1 Å². The van der Waals surface area contributed by atoms with Crippen LogP contribution in [-0.2, 0) is 16.6 Å². The first-order chi connectivity index (χ1) is 12.5. The van der Waals surface area contributed by atoms with Crippen LogP contribution in [0.3, 0.4) is 0 Å². The van der Waals surface area contributed by atoms with E-state index < -0.39 is 0 Å². The topological polar surface area (TPSA) is 101 Å². The maximum absolute atomic E-state index is 12.3. The molecule has 1 atom stereocenters. The zero-order valence-electron chi connectivity index (χ0n) is 16.2. The first-order valence-electron chi connectivity index (χ1n) is 9.75. The number of piperidine rings is 1. The molecule has 0 aromatic carbocycles. The van der Waals surface area contributed by atoms with E-state index >= 15 is 0 Å². The van der Waals surface area contributed by atoms with Crippen LogP contribution in [0.1, 0.15) is 63.6 Å². The average molecular weight is 399 g/mol. The van der Waals surface area contributed by atoms with Crippen molar-refractivity contribution >= 4 is 30.2 Å². The van der Waals surface area contributed by atoms with Crippen molar-refractivity contribution in [1.82, 2.24) is 25.4 Å². The van der Waals surface area contributed by atoms with Gasteiger partial charge in [-0.25, -0.2) is 4.68 Å². The lowest BCUT2D eigenvalue weighted by Gasteiger charge is -2.19. The summed E-state index contributed by atoms with van der Waals surface area (Å²) in [6.07, 6.45) is 6.43. The molecule has 1 aromatic heterocycles. The number of rotatable bonds is 6. The van der Waals surface area contributed by atoms with Crippen molar-refractivity contribution in [3.8, 4) is 0 Å². The molecular formula is C18H31ClN6O2. The smallest absolute Gasteiger partial charge is 0.228 e. The van der Waals surface area contributed by atoms with Gasteiger partial charge < -0.3 is 10.6 Å². The predicted molar refractivity (Wildman–Crippen MR) is 106 cm³/mol. The molecule has 2 amide bonds. The Labute approximate surface area is 166 Å². The Kier molecular flexibility index (Phi) is 8.04. The third-order valence-electron chi connectivity index (χ3n) is 5.34. The summed E-state index contributed by atoms with van der Waals surface area (Å²) in [5, 5.41) is 13.6. The lowest BCUT2D eigenvalue weighted by atomic mass is 9.98. The Balaban J connectivity index is 0.00000261. The molecular weight excluding hydrogens is 368 g/mol. The van der Waals surface area contributed by atoms with E-state index in [-0.39, 0.29) is 42.6 Å². The highest BCUT2D eigenvalue weighted by molar-refractivity contribution is 5.90. The molecule has 0 spiro atoms.